The van der Waals surface area contributed by atoms with Gasteiger partial charge in [-0.05, 0) is 17.5 Å². The van der Waals surface area contributed by atoms with E-state index in [-0.39, 0.29) is 5.92 Å². The second kappa shape index (κ2) is 12.7. The van der Waals surface area contributed by atoms with Crippen molar-refractivity contribution in [1.82, 2.24) is 10.6 Å². The Bertz CT molecular complexity index is 662. The first-order valence-corrected chi connectivity index (χ1v) is 10.4. The number of benzene rings is 2. The Morgan fingerprint density at radius 1 is 0.714 bits per heavy atom. The van der Waals surface area contributed by atoms with E-state index in [1.807, 2.05) is 60.7 Å². The van der Waals surface area contributed by atoms with E-state index >= 15 is 0 Å². The summed E-state index contributed by atoms with van der Waals surface area (Å²) in [6, 6.07) is 20.1. The molecule has 0 radical (unpaired) electrons. The highest BCUT2D eigenvalue weighted by molar-refractivity contribution is 6.35. The Labute approximate surface area is 168 Å². The van der Waals surface area contributed by atoms with Crippen molar-refractivity contribution in [3.8, 4) is 0 Å². The van der Waals surface area contributed by atoms with Crippen molar-refractivity contribution in [3.63, 3.8) is 0 Å². The molecule has 0 bridgehead atoms. The molecule has 0 atom stereocenters. The number of unbranched alkanes of at least 4 members (excludes halogenated alkanes) is 5. The molecule has 150 valence electrons. The lowest BCUT2D eigenvalue weighted by molar-refractivity contribution is -0.139. The molecule has 0 unspecified atom stereocenters. The van der Waals surface area contributed by atoms with E-state index in [0.717, 1.165) is 24.0 Å². The zero-order valence-electron chi connectivity index (χ0n) is 16.8. The average Bonchev–Trinajstić information content (AvgIpc) is 2.74. The van der Waals surface area contributed by atoms with E-state index in [4.69, 9.17) is 0 Å². The molecule has 0 saturated carbocycles. The Balaban J connectivity index is 1.80. The van der Waals surface area contributed by atoms with Gasteiger partial charge in [0.2, 0.25) is 0 Å². The predicted octanol–water partition coefficient (Wildman–Crippen LogP) is 4.41. The van der Waals surface area contributed by atoms with Gasteiger partial charge in [0.05, 0.1) is 0 Å². The van der Waals surface area contributed by atoms with E-state index in [2.05, 4.69) is 17.6 Å². The van der Waals surface area contributed by atoms with Crippen molar-refractivity contribution in [2.75, 3.05) is 13.1 Å². The summed E-state index contributed by atoms with van der Waals surface area (Å²) in [5.74, 6) is -1.10. The maximum Gasteiger partial charge on any atom is 0.309 e. The highest BCUT2D eigenvalue weighted by Crippen LogP contribution is 2.23. The summed E-state index contributed by atoms with van der Waals surface area (Å²) in [4.78, 5) is 24.2. The minimum Gasteiger partial charge on any atom is -0.348 e. The summed E-state index contributed by atoms with van der Waals surface area (Å²) in [6.45, 7) is 3.13. The first-order valence-electron chi connectivity index (χ1n) is 10.4. The molecule has 0 saturated heterocycles. The summed E-state index contributed by atoms with van der Waals surface area (Å²) in [6.07, 6.45) is 6.92. The molecule has 2 rings (SSSR count). The highest BCUT2D eigenvalue weighted by Gasteiger charge is 2.18. The van der Waals surface area contributed by atoms with Gasteiger partial charge in [-0.1, -0.05) is 99.7 Å². The minimum atomic E-state index is -0.567. The van der Waals surface area contributed by atoms with Gasteiger partial charge >= 0.3 is 11.8 Å². The molecule has 0 aliphatic rings. The molecule has 2 N–H and O–H groups in total. The minimum absolute atomic E-state index is 0.0118. The first-order chi connectivity index (χ1) is 13.7. The van der Waals surface area contributed by atoms with Crippen molar-refractivity contribution in [2.45, 2.75) is 51.4 Å². The third-order valence-electron chi connectivity index (χ3n) is 4.89. The molecule has 0 aliphatic heterocycles. The summed E-state index contributed by atoms with van der Waals surface area (Å²) in [7, 11) is 0. The average molecular weight is 381 g/mol. The zero-order valence-corrected chi connectivity index (χ0v) is 16.8. The number of amides is 2. The number of carbonyl (C=O) groups excluding carboxylic acids is 2. The Kier molecular flexibility index (Phi) is 9.84. The topological polar surface area (TPSA) is 58.2 Å². The fraction of sp³-hybridized carbons (Fsp3) is 0.417. The van der Waals surface area contributed by atoms with Crippen molar-refractivity contribution in [1.29, 1.82) is 0 Å². The van der Waals surface area contributed by atoms with Crippen LogP contribution in [0.1, 0.15) is 62.5 Å². The lowest BCUT2D eigenvalue weighted by Gasteiger charge is -2.18. The second-order valence-corrected chi connectivity index (χ2v) is 7.11. The second-order valence-electron chi connectivity index (χ2n) is 7.11. The summed E-state index contributed by atoms with van der Waals surface area (Å²) < 4.78 is 0. The Morgan fingerprint density at radius 2 is 1.21 bits per heavy atom. The number of hydrogen-bond acceptors (Lipinski definition) is 2. The quantitative estimate of drug-likeness (QED) is 0.448. The largest absolute Gasteiger partial charge is 0.348 e. The molecule has 4 nitrogen and oxygen atoms in total. The first kappa shape index (κ1) is 21.7. The molecule has 4 heteroatoms. The van der Waals surface area contributed by atoms with Crippen LogP contribution in [0.4, 0.5) is 0 Å². The highest BCUT2D eigenvalue weighted by atomic mass is 16.2. The van der Waals surface area contributed by atoms with Crippen LogP contribution < -0.4 is 10.6 Å². The van der Waals surface area contributed by atoms with Crippen LogP contribution in [0.2, 0.25) is 0 Å². The third kappa shape index (κ3) is 7.55. The molecule has 0 aliphatic carbocycles. The summed E-state index contributed by atoms with van der Waals surface area (Å²) in [5, 5.41) is 5.52. The van der Waals surface area contributed by atoms with Gasteiger partial charge in [0.1, 0.15) is 0 Å². The third-order valence-corrected chi connectivity index (χ3v) is 4.89. The van der Waals surface area contributed by atoms with Crippen LogP contribution in [0.15, 0.2) is 60.7 Å². The number of hydrogen-bond donors (Lipinski definition) is 2. The van der Waals surface area contributed by atoms with Crippen molar-refractivity contribution in [2.24, 2.45) is 0 Å². The van der Waals surface area contributed by atoms with E-state index in [1.165, 1.54) is 25.7 Å². The fourth-order valence-corrected chi connectivity index (χ4v) is 3.26. The molecule has 0 spiro atoms. The van der Waals surface area contributed by atoms with Crippen LogP contribution in [-0.2, 0) is 9.59 Å². The van der Waals surface area contributed by atoms with E-state index in [1.54, 1.807) is 0 Å². The Hall–Kier alpha value is -2.62. The maximum atomic E-state index is 12.2. The molecule has 28 heavy (non-hydrogen) atoms. The van der Waals surface area contributed by atoms with Gasteiger partial charge in [0, 0.05) is 19.0 Å². The molecular weight excluding hydrogens is 348 g/mol. The van der Waals surface area contributed by atoms with Gasteiger partial charge in [0.15, 0.2) is 0 Å². The molecule has 2 aromatic carbocycles. The SMILES string of the molecule is CCCCCCCCNC(=O)C(=O)NCC(c1ccccc1)c1ccccc1. The number of carbonyl (C=O) groups is 2. The number of rotatable bonds is 11. The molecule has 2 aromatic rings. The van der Waals surface area contributed by atoms with Gasteiger partial charge in [-0.2, -0.15) is 0 Å². The van der Waals surface area contributed by atoms with Gasteiger partial charge in [-0.3, -0.25) is 9.59 Å². The molecule has 0 aromatic heterocycles. The fourth-order valence-electron chi connectivity index (χ4n) is 3.26. The smallest absolute Gasteiger partial charge is 0.309 e. The number of nitrogens with one attached hydrogen (secondary N) is 2. The lowest BCUT2D eigenvalue weighted by Crippen LogP contribution is -2.41. The zero-order chi connectivity index (χ0) is 20.0. The van der Waals surface area contributed by atoms with Crippen LogP contribution in [0.25, 0.3) is 0 Å². The van der Waals surface area contributed by atoms with Gasteiger partial charge < -0.3 is 10.6 Å². The normalized spacial score (nSPS) is 10.6. The molecule has 0 fully saturated rings. The molecule has 0 heterocycles. The van der Waals surface area contributed by atoms with Crippen molar-refractivity contribution >= 4 is 11.8 Å². The summed E-state index contributed by atoms with van der Waals surface area (Å²) in [5.41, 5.74) is 2.22. The van der Waals surface area contributed by atoms with Crippen molar-refractivity contribution < 1.29 is 9.59 Å². The monoisotopic (exact) mass is 380 g/mol. The van der Waals surface area contributed by atoms with Gasteiger partial charge in [-0.15, -0.1) is 0 Å². The van der Waals surface area contributed by atoms with Crippen LogP contribution >= 0.6 is 0 Å². The standard InChI is InChI=1S/C24H32N2O2/c1-2-3-4-5-6-13-18-25-23(27)24(28)26-19-22(20-14-9-7-10-15-20)21-16-11-8-12-17-21/h7-12,14-17,22H,2-6,13,18-19H2,1H3,(H,25,27)(H,26,28). The van der Waals surface area contributed by atoms with Gasteiger partial charge in [0.25, 0.3) is 0 Å². The lowest BCUT2D eigenvalue weighted by atomic mass is 9.91. The molecule has 2 amide bonds. The van der Waals surface area contributed by atoms with Crippen LogP contribution in [0.5, 0.6) is 0 Å². The van der Waals surface area contributed by atoms with Crippen molar-refractivity contribution in [3.05, 3.63) is 71.8 Å². The Morgan fingerprint density at radius 3 is 1.79 bits per heavy atom. The van der Waals surface area contributed by atoms with E-state index in [0.29, 0.717) is 13.1 Å². The summed E-state index contributed by atoms with van der Waals surface area (Å²) >= 11 is 0. The maximum absolute atomic E-state index is 12.2. The van der Waals surface area contributed by atoms with Crippen LogP contribution in [0.3, 0.4) is 0 Å². The van der Waals surface area contributed by atoms with Crippen LogP contribution in [-0.4, -0.2) is 24.9 Å². The predicted molar refractivity (Wildman–Crippen MR) is 114 cm³/mol. The van der Waals surface area contributed by atoms with E-state index < -0.39 is 11.8 Å². The van der Waals surface area contributed by atoms with E-state index in [9.17, 15) is 9.59 Å². The van der Waals surface area contributed by atoms with Crippen LogP contribution in [0, 0.1) is 0 Å². The molecular formula is C24H32N2O2. The van der Waals surface area contributed by atoms with Gasteiger partial charge in [-0.25, -0.2) is 0 Å².